The number of carbonyl (C=O) groups is 3. The number of nitrogens with one attached hydrogen (secondary N) is 3. The van der Waals surface area contributed by atoms with Crippen LogP contribution < -0.4 is 25.4 Å². The number of carbonyl (C=O) groups excluding carboxylic acids is 3. The third-order valence-corrected chi connectivity index (χ3v) is 11.1. The summed E-state index contributed by atoms with van der Waals surface area (Å²) < 4.78 is 17.3. The van der Waals surface area contributed by atoms with E-state index in [1.165, 1.54) is 7.11 Å². The minimum absolute atomic E-state index is 0.0368. The normalized spacial score (nSPS) is 17.5. The van der Waals surface area contributed by atoms with Crippen molar-refractivity contribution in [1.82, 2.24) is 30.4 Å². The van der Waals surface area contributed by atoms with Crippen molar-refractivity contribution < 1.29 is 28.6 Å². The fraction of sp³-hybridized carbons (Fsp3) is 0.405. The van der Waals surface area contributed by atoms with Crippen LogP contribution in [-0.2, 0) is 27.4 Å². The molecule has 1 spiro atoms. The Morgan fingerprint density at radius 1 is 0.947 bits per heavy atom. The number of hydrogen-bond donors (Lipinski definition) is 3. The van der Waals surface area contributed by atoms with Crippen LogP contribution in [0.1, 0.15) is 57.6 Å². The molecule has 13 nitrogen and oxygen atoms in total. The Bertz CT molecular complexity index is 2190. The first kappa shape index (κ1) is 40.1. The summed E-state index contributed by atoms with van der Waals surface area (Å²) in [7, 11) is 3.17. The Hall–Kier alpha value is -5.11. The van der Waals surface area contributed by atoms with Crippen LogP contribution in [0.4, 0.5) is 16.2 Å². The summed E-state index contributed by atoms with van der Waals surface area (Å²) >= 11 is 14.2. The number of hydrogen-bond acceptors (Lipinski definition) is 10. The van der Waals surface area contributed by atoms with Gasteiger partial charge in [-0.05, 0) is 63.9 Å². The predicted molar refractivity (Wildman–Crippen MR) is 219 cm³/mol. The second kappa shape index (κ2) is 16.4. The molecule has 4 aromatic rings. The molecule has 300 valence electrons. The fourth-order valence-corrected chi connectivity index (χ4v) is 8.31. The molecule has 2 aromatic heterocycles. The average Bonchev–Trinajstić information content (AvgIpc) is 3.76. The molecule has 3 aliphatic rings. The van der Waals surface area contributed by atoms with Crippen LogP contribution in [0.15, 0.2) is 60.8 Å². The first-order valence-electron chi connectivity index (χ1n) is 19.0. The highest BCUT2D eigenvalue weighted by atomic mass is 35.5. The van der Waals surface area contributed by atoms with Gasteiger partial charge in [0.25, 0.3) is 0 Å². The van der Waals surface area contributed by atoms with Crippen molar-refractivity contribution in [2.75, 3.05) is 39.2 Å². The summed E-state index contributed by atoms with van der Waals surface area (Å²) in [5, 5.41) is 10.3. The lowest BCUT2D eigenvalue weighted by Crippen LogP contribution is -2.66. The topological polar surface area (TPSA) is 147 Å². The molecule has 7 rings (SSSR count). The molecule has 0 radical (unpaired) electrons. The second-order valence-electron chi connectivity index (χ2n) is 15.8. The molecule has 57 heavy (non-hydrogen) atoms. The molecular weight excluding hydrogens is 769 g/mol. The number of halogens is 2. The molecule has 5 heterocycles. The van der Waals surface area contributed by atoms with Crippen molar-refractivity contribution in [2.45, 2.75) is 76.7 Å². The van der Waals surface area contributed by atoms with Gasteiger partial charge in [-0.1, -0.05) is 47.5 Å². The summed E-state index contributed by atoms with van der Waals surface area (Å²) in [5.41, 5.74) is 4.47. The van der Waals surface area contributed by atoms with Crippen molar-refractivity contribution in [3.8, 4) is 34.1 Å². The zero-order valence-electron chi connectivity index (χ0n) is 32.7. The van der Waals surface area contributed by atoms with Gasteiger partial charge >= 0.3 is 6.09 Å². The number of anilines is 2. The van der Waals surface area contributed by atoms with Crippen LogP contribution in [0.25, 0.3) is 22.5 Å². The van der Waals surface area contributed by atoms with Crippen molar-refractivity contribution in [3.05, 3.63) is 82.0 Å². The molecule has 0 aliphatic carbocycles. The van der Waals surface area contributed by atoms with Crippen LogP contribution in [0, 0.1) is 0 Å². The summed E-state index contributed by atoms with van der Waals surface area (Å²) in [4.78, 5) is 50.3. The quantitative estimate of drug-likeness (QED) is 0.133. The first-order valence-corrected chi connectivity index (χ1v) is 19.7. The minimum Gasteiger partial charge on any atom is -0.494 e. The number of ether oxygens (including phenoxy) is 3. The van der Waals surface area contributed by atoms with E-state index in [1.807, 2.05) is 69.3 Å². The van der Waals surface area contributed by atoms with Crippen molar-refractivity contribution in [1.29, 1.82) is 0 Å². The van der Waals surface area contributed by atoms with Gasteiger partial charge in [0.1, 0.15) is 11.4 Å². The molecule has 3 N–H and O–H groups in total. The van der Waals surface area contributed by atoms with E-state index < -0.39 is 11.7 Å². The number of para-hydroxylation sites is 1. The van der Waals surface area contributed by atoms with Gasteiger partial charge in [-0.15, -0.1) is 0 Å². The van der Waals surface area contributed by atoms with Crippen molar-refractivity contribution in [2.24, 2.45) is 0 Å². The first-order chi connectivity index (χ1) is 27.2. The fourth-order valence-electron chi connectivity index (χ4n) is 7.74. The van der Waals surface area contributed by atoms with Crippen LogP contribution in [0.2, 0.25) is 10.0 Å². The number of pyridine rings is 2. The van der Waals surface area contributed by atoms with Crippen LogP contribution in [-0.4, -0.2) is 88.7 Å². The Balaban J connectivity index is 1.11. The molecule has 0 saturated carbocycles. The van der Waals surface area contributed by atoms with Crippen molar-refractivity contribution in [3.63, 3.8) is 0 Å². The Labute approximate surface area is 342 Å². The van der Waals surface area contributed by atoms with Gasteiger partial charge in [0.2, 0.25) is 17.7 Å². The largest absolute Gasteiger partial charge is 0.494 e. The van der Waals surface area contributed by atoms with Crippen LogP contribution in [0.3, 0.4) is 0 Å². The summed E-state index contributed by atoms with van der Waals surface area (Å²) in [6.45, 7) is 8.15. The van der Waals surface area contributed by atoms with E-state index in [9.17, 15) is 14.4 Å². The zero-order valence-corrected chi connectivity index (χ0v) is 34.2. The van der Waals surface area contributed by atoms with E-state index in [-0.39, 0.29) is 36.5 Å². The number of rotatable bonds is 12. The van der Waals surface area contributed by atoms with Crippen molar-refractivity contribution >= 4 is 52.5 Å². The molecular formula is C42H47Cl2N7O6. The van der Waals surface area contributed by atoms with Gasteiger partial charge in [0.15, 0.2) is 0 Å². The maximum atomic E-state index is 13.3. The number of methoxy groups -OCH3 is 2. The number of aromatic nitrogens is 2. The highest BCUT2D eigenvalue weighted by Gasteiger charge is 2.47. The van der Waals surface area contributed by atoms with Gasteiger partial charge < -0.3 is 35.1 Å². The monoisotopic (exact) mass is 815 g/mol. The summed E-state index contributed by atoms with van der Waals surface area (Å²) in [6, 6.07) is 16.8. The Kier molecular flexibility index (Phi) is 11.5. The molecule has 0 bridgehead atoms. The molecule has 15 heteroatoms. The lowest BCUT2D eigenvalue weighted by atomic mass is 9.88. The lowest BCUT2D eigenvalue weighted by molar-refractivity contribution is -0.121. The molecule has 1 atom stereocenters. The van der Waals surface area contributed by atoms with Crippen LogP contribution >= 0.6 is 23.2 Å². The molecule has 0 unspecified atom stereocenters. The predicted octanol–water partition coefficient (Wildman–Crippen LogP) is 7.36. The second-order valence-corrected chi connectivity index (χ2v) is 16.6. The SMILES string of the molecule is COc1nc(-c2ccnc(-c3cccc(Nc4cccc(CN5CC6(CCC(=O)N6)C5)c4OC)c3Cl)c2Cl)ccc1CN(C[C@@H]1CCC(=O)N1)C(=O)OC(C)(C)C. The van der Waals surface area contributed by atoms with Crippen LogP contribution in [0.5, 0.6) is 11.6 Å². The van der Waals surface area contributed by atoms with E-state index in [4.69, 9.17) is 42.4 Å². The summed E-state index contributed by atoms with van der Waals surface area (Å²) in [5.74, 6) is 1.10. The average molecular weight is 817 g/mol. The number of likely N-dealkylation sites (tertiary alicyclic amines) is 1. The highest BCUT2D eigenvalue weighted by Crippen LogP contribution is 2.43. The molecule has 3 aliphatic heterocycles. The van der Waals surface area contributed by atoms with E-state index in [0.29, 0.717) is 81.2 Å². The molecule has 2 aromatic carbocycles. The Morgan fingerprint density at radius 2 is 1.72 bits per heavy atom. The van der Waals surface area contributed by atoms with E-state index in [2.05, 4.69) is 25.8 Å². The molecule has 3 saturated heterocycles. The van der Waals surface area contributed by atoms with Gasteiger partial charge in [0.05, 0.1) is 59.1 Å². The van der Waals surface area contributed by atoms with E-state index >= 15 is 0 Å². The minimum atomic E-state index is -0.706. The zero-order chi connectivity index (χ0) is 40.5. The number of nitrogens with zero attached hydrogens (tertiary/aromatic N) is 4. The van der Waals surface area contributed by atoms with Gasteiger partial charge in [0, 0.05) is 73.5 Å². The highest BCUT2D eigenvalue weighted by molar-refractivity contribution is 6.39. The number of benzene rings is 2. The maximum absolute atomic E-state index is 13.3. The third-order valence-electron chi connectivity index (χ3n) is 10.3. The standard InChI is InChI=1S/C42H47Cl2N7O6/c1-41(2,3)57-40(54)51(22-27-13-15-33(52)46-27)21-26-12-14-30(48-39(26)56-5)28-17-19-45-37(36(28)44)29-9-7-10-31(35(29)43)47-32-11-6-8-25(38(32)55-4)20-50-23-42(24-50)18-16-34(53)49-42/h6-12,14,17,19,27,47H,13,15-16,18,20-24H2,1-5H3,(H,46,52)(H,49,53)/t27-/m0/s1. The lowest BCUT2D eigenvalue weighted by Gasteiger charge is -2.48. The third kappa shape index (κ3) is 8.90. The number of amides is 3. The molecule has 3 fully saturated rings. The van der Waals surface area contributed by atoms with Gasteiger partial charge in [-0.25, -0.2) is 9.78 Å². The van der Waals surface area contributed by atoms with E-state index in [0.717, 1.165) is 30.8 Å². The Morgan fingerprint density at radius 3 is 2.40 bits per heavy atom. The van der Waals surface area contributed by atoms with E-state index in [1.54, 1.807) is 24.3 Å². The van der Waals surface area contributed by atoms with Gasteiger partial charge in [-0.3, -0.25) is 19.5 Å². The maximum Gasteiger partial charge on any atom is 0.410 e. The smallest absolute Gasteiger partial charge is 0.410 e. The molecule has 3 amide bonds. The summed E-state index contributed by atoms with van der Waals surface area (Å²) in [6.07, 6.45) is 3.65. The van der Waals surface area contributed by atoms with Gasteiger partial charge in [-0.2, -0.15) is 0 Å².